The predicted octanol–water partition coefficient (Wildman–Crippen LogP) is 3.48. The first-order valence-corrected chi connectivity index (χ1v) is 15.4. The van der Waals surface area contributed by atoms with Crippen LogP contribution < -0.4 is 4.87 Å². The van der Waals surface area contributed by atoms with E-state index in [1.54, 1.807) is 6.20 Å². The van der Waals surface area contributed by atoms with Crippen molar-refractivity contribution in [2.45, 2.75) is 18.6 Å². The van der Waals surface area contributed by atoms with Crippen LogP contribution in [-0.2, 0) is 16.3 Å². The zero-order chi connectivity index (χ0) is 26.6. The number of thiazole rings is 3. The monoisotopic (exact) mass is 587 g/mol. The molecule has 0 aliphatic rings. The van der Waals surface area contributed by atoms with Crippen LogP contribution in [0.3, 0.4) is 0 Å². The number of hydrogen-bond acceptors (Lipinski definition) is 13. The Morgan fingerprint density at radius 3 is 2.76 bits per heavy atom. The quantitative estimate of drug-likeness (QED) is 0.282. The SMILES string of the molecule is Cc1nccn1-c1nc(-c2ccc3nc(C(c4nnc(Cc5sc(=O)[nH]c5O)o4)S(C)(=O)=O)sc3c2)cs1. The largest absolute Gasteiger partial charge is 0.494 e. The van der Waals surface area contributed by atoms with E-state index in [1.165, 1.54) is 22.7 Å². The molecule has 6 aromatic rings. The van der Waals surface area contributed by atoms with Crippen molar-refractivity contribution >= 4 is 54.1 Å². The van der Waals surface area contributed by atoms with E-state index >= 15 is 0 Å². The van der Waals surface area contributed by atoms with Crippen LogP contribution >= 0.6 is 34.0 Å². The summed E-state index contributed by atoms with van der Waals surface area (Å²) in [5.74, 6) is 0.484. The standard InChI is InChI=1S/C22H17N7O5S4/c1-10-23-5-6-29(10)21-25-13(9-35-21)11-3-4-12-14(7-11)36-20(24-12)17(38(2,32)33)19-28-27-16(34-19)8-15-18(30)26-22(31)37-15/h3-7,9,17,30H,8H2,1-2H3,(H,26,31). The third-order valence-electron chi connectivity index (χ3n) is 5.60. The molecule has 1 atom stereocenters. The molecule has 6 rings (SSSR count). The number of aromatic amines is 1. The van der Waals surface area contributed by atoms with Crippen molar-refractivity contribution in [1.82, 2.24) is 34.7 Å². The minimum atomic E-state index is -3.74. The summed E-state index contributed by atoms with van der Waals surface area (Å²) < 4.78 is 34.0. The number of sulfone groups is 1. The maximum absolute atomic E-state index is 12.8. The molecule has 0 aliphatic carbocycles. The van der Waals surface area contributed by atoms with Crippen LogP contribution in [0.4, 0.5) is 0 Å². The first-order chi connectivity index (χ1) is 18.2. The molecule has 0 bridgehead atoms. The molecule has 2 N–H and O–H groups in total. The fraction of sp³-hybridized carbons (Fsp3) is 0.182. The summed E-state index contributed by atoms with van der Waals surface area (Å²) in [6.07, 6.45) is 4.64. The van der Waals surface area contributed by atoms with Crippen LogP contribution in [0.15, 0.2) is 45.2 Å². The van der Waals surface area contributed by atoms with E-state index in [0.29, 0.717) is 10.4 Å². The average Bonchev–Trinajstić information content (AvgIpc) is 3.66. The number of imidazole rings is 1. The summed E-state index contributed by atoms with van der Waals surface area (Å²) in [6, 6.07) is 5.63. The van der Waals surface area contributed by atoms with Crippen molar-refractivity contribution in [1.29, 1.82) is 0 Å². The smallest absolute Gasteiger partial charge is 0.307 e. The number of benzene rings is 1. The molecular formula is C22H17N7O5S4. The summed E-state index contributed by atoms with van der Waals surface area (Å²) in [5, 5.41) is 19.5. The van der Waals surface area contributed by atoms with Gasteiger partial charge in [0.25, 0.3) is 0 Å². The van der Waals surface area contributed by atoms with Crippen molar-refractivity contribution in [3.05, 3.63) is 73.1 Å². The number of aromatic nitrogens is 7. The Morgan fingerprint density at radius 2 is 2.05 bits per heavy atom. The molecule has 0 radical (unpaired) electrons. The van der Waals surface area contributed by atoms with Gasteiger partial charge in [0.2, 0.25) is 17.7 Å². The van der Waals surface area contributed by atoms with E-state index in [-0.39, 0.29) is 29.1 Å². The first-order valence-electron chi connectivity index (χ1n) is 10.9. The van der Waals surface area contributed by atoms with E-state index in [0.717, 1.165) is 44.5 Å². The van der Waals surface area contributed by atoms with E-state index < -0.39 is 20.0 Å². The van der Waals surface area contributed by atoms with Crippen molar-refractivity contribution < 1.29 is 17.9 Å². The number of hydrogen-bond donors (Lipinski definition) is 2. The van der Waals surface area contributed by atoms with Crippen molar-refractivity contribution in [2.24, 2.45) is 0 Å². The van der Waals surface area contributed by atoms with Crippen molar-refractivity contribution in [2.75, 3.05) is 6.26 Å². The van der Waals surface area contributed by atoms with E-state index in [9.17, 15) is 18.3 Å². The van der Waals surface area contributed by atoms with E-state index in [2.05, 4.69) is 25.1 Å². The molecule has 1 unspecified atom stereocenters. The number of nitrogens with one attached hydrogen (secondary N) is 1. The highest BCUT2D eigenvalue weighted by Crippen LogP contribution is 2.37. The Labute approximate surface area is 226 Å². The summed E-state index contributed by atoms with van der Waals surface area (Å²) in [6.45, 7) is 1.91. The van der Waals surface area contributed by atoms with Crippen molar-refractivity contribution in [3.8, 4) is 22.3 Å². The van der Waals surface area contributed by atoms with Gasteiger partial charge in [-0.1, -0.05) is 17.4 Å². The van der Waals surface area contributed by atoms with Crippen LogP contribution in [0.5, 0.6) is 5.88 Å². The lowest BCUT2D eigenvalue weighted by molar-refractivity contribution is 0.438. The molecule has 38 heavy (non-hydrogen) atoms. The molecule has 5 heterocycles. The van der Waals surface area contributed by atoms with Gasteiger partial charge in [0.1, 0.15) is 10.8 Å². The van der Waals surface area contributed by atoms with Crippen molar-refractivity contribution in [3.63, 3.8) is 0 Å². The lowest BCUT2D eigenvalue weighted by Gasteiger charge is -2.07. The van der Waals surface area contributed by atoms with Gasteiger partial charge in [-0.3, -0.25) is 14.3 Å². The second-order valence-electron chi connectivity index (χ2n) is 8.30. The molecule has 0 fully saturated rings. The third kappa shape index (κ3) is 4.55. The fourth-order valence-electron chi connectivity index (χ4n) is 3.83. The molecule has 0 saturated carbocycles. The Morgan fingerprint density at radius 1 is 1.21 bits per heavy atom. The minimum absolute atomic E-state index is 0.0177. The fourth-order valence-corrected chi connectivity index (χ4v) is 7.94. The molecule has 0 spiro atoms. The van der Waals surface area contributed by atoms with Gasteiger partial charge >= 0.3 is 4.87 Å². The Bertz CT molecular complexity index is 1960. The summed E-state index contributed by atoms with van der Waals surface area (Å²) >= 11 is 3.52. The van der Waals surface area contributed by atoms with Crippen LogP contribution in [0.2, 0.25) is 0 Å². The molecule has 0 saturated heterocycles. The highest BCUT2D eigenvalue weighted by atomic mass is 32.2. The second-order valence-corrected chi connectivity index (χ2v) is 13.4. The molecular weight excluding hydrogens is 571 g/mol. The third-order valence-corrected chi connectivity index (χ3v) is 9.82. The molecule has 16 heteroatoms. The minimum Gasteiger partial charge on any atom is -0.494 e. The second kappa shape index (κ2) is 9.23. The molecule has 194 valence electrons. The van der Waals surface area contributed by atoms with Crippen LogP contribution in [-0.4, -0.2) is 54.5 Å². The molecule has 1 aromatic carbocycles. The maximum Gasteiger partial charge on any atom is 0.307 e. The number of aryl methyl sites for hydroxylation is 1. The zero-order valence-corrected chi connectivity index (χ0v) is 22.9. The van der Waals surface area contributed by atoms with Crippen LogP contribution in [0.25, 0.3) is 26.6 Å². The van der Waals surface area contributed by atoms with Gasteiger partial charge in [-0.2, -0.15) is 0 Å². The van der Waals surface area contributed by atoms with Gasteiger partial charge in [0.05, 0.1) is 27.2 Å². The lowest BCUT2D eigenvalue weighted by atomic mass is 10.2. The Hall–Kier alpha value is -3.73. The Kier molecular flexibility index (Phi) is 5.97. The number of fused-ring (bicyclic) bond motifs is 1. The molecule has 0 aliphatic heterocycles. The highest BCUT2D eigenvalue weighted by Gasteiger charge is 2.34. The maximum atomic E-state index is 12.8. The first kappa shape index (κ1) is 24.6. The normalized spacial score (nSPS) is 12.9. The van der Waals surface area contributed by atoms with E-state index in [1.807, 2.05) is 41.3 Å². The molecule has 5 aromatic heterocycles. The van der Waals surface area contributed by atoms with E-state index in [4.69, 9.17) is 9.40 Å². The van der Waals surface area contributed by atoms with Gasteiger partial charge in [0.15, 0.2) is 20.2 Å². The zero-order valence-electron chi connectivity index (χ0n) is 19.6. The average molecular weight is 588 g/mol. The van der Waals surface area contributed by atoms with Crippen LogP contribution in [0.1, 0.15) is 32.7 Å². The highest BCUT2D eigenvalue weighted by molar-refractivity contribution is 7.91. The number of rotatable bonds is 7. The van der Waals surface area contributed by atoms with Crippen LogP contribution in [0, 0.1) is 6.92 Å². The summed E-state index contributed by atoms with van der Waals surface area (Å²) in [5.41, 5.74) is 2.28. The van der Waals surface area contributed by atoms with Gasteiger partial charge < -0.3 is 9.52 Å². The van der Waals surface area contributed by atoms with Gasteiger partial charge in [0, 0.05) is 29.6 Å². The number of aromatic hydroxyl groups is 1. The van der Waals surface area contributed by atoms with Gasteiger partial charge in [-0.05, 0) is 19.1 Å². The number of H-pyrrole nitrogens is 1. The summed E-state index contributed by atoms with van der Waals surface area (Å²) in [7, 11) is -3.74. The topological polar surface area (TPSA) is 170 Å². The van der Waals surface area contributed by atoms with Gasteiger partial charge in [-0.15, -0.1) is 32.9 Å². The number of nitrogens with zero attached hydrogens (tertiary/aromatic N) is 6. The molecule has 12 nitrogen and oxygen atoms in total. The summed E-state index contributed by atoms with van der Waals surface area (Å²) in [4.78, 5) is 27.1. The predicted molar refractivity (Wildman–Crippen MR) is 143 cm³/mol. The van der Waals surface area contributed by atoms with Gasteiger partial charge in [-0.25, -0.2) is 23.4 Å². The molecule has 0 amide bonds. The Balaban J connectivity index is 1.33. The lowest BCUT2D eigenvalue weighted by Crippen LogP contribution is -2.13.